The maximum absolute atomic E-state index is 4.08. The van der Waals surface area contributed by atoms with E-state index >= 15 is 0 Å². The standard InChI is InChI=1S/C7H11N7/c1-13-7(10-11-12-13)8-4-6-14-5-2-3-9-14/h2-3,5H,4,6H2,1H3,(H,8,10,12). The van der Waals surface area contributed by atoms with Crippen LogP contribution in [0.4, 0.5) is 5.95 Å². The predicted octanol–water partition coefficient (Wildman–Crippen LogP) is -0.481. The Labute approximate surface area is 80.7 Å². The highest BCUT2D eigenvalue weighted by molar-refractivity contribution is 5.20. The minimum Gasteiger partial charge on any atom is -0.351 e. The molecule has 14 heavy (non-hydrogen) atoms. The van der Waals surface area contributed by atoms with Gasteiger partial charge in [-0.2, -0.15) is 5.10 Å². The summed E-state index contributed by atoms with van der Waals surface area (Å²) in [6.45, 7) is 1.54. The normalized spacial score (nSPS) is 10.4. The Morgan fingerprint density at radius 3 is 3.07 bits per heavy atom. The summed E-state index contributed by atoms with van der Waals surface area (Å²) in [5.41, 5.74) is 0. The number of hydrogen-bond acceptors (Lipinski definition) is 5. The Hall–Kier alpha value is -1.92. The fraction of sp³-hybridized carbons (Fsp3) is 0.429. The van der Waals surface area contributed by atoms with E-state index in [0.29, 0.717) is 5.95 Å². The molecule has 0 saturated heterocycles. The van der Waals surface area contributed by atoms with Crippen molar-refractivity contribution in [2.75, 3.05) is 11.9 Å². The molecule has 0 aliphatic rings. The lowest BCUT2D eigenvalue weighted by molar-refractivity contribution is 0.632. The molecule has 0 atom stereocenters. The van der Waals surface area contributed by atoms with Crippen molar-refractivity contribution >= 4 is 5.95 Å². The molecule has 2 aromatic heterocycles. The van der Waals surface area contributed by atoms with Gasteiger partial charge in [0.15, 0.2) is 0 Å². The fourth-order valence-electron chi connectivity index (χ4n) is 1.09. The van der Waals surface area contributed by atoms with Crippen LogP contribution in [0.3, 0.4) is 0 Å². The first kappa shape index (κ1) is 8.67. The van der Waals surface area contributed by atoms with Crippen molar-refractivity contribution in [3.8, 4) is 0 Å². The van der Waals surface area contributed by atoms with Crippen molar-refractivity contribution < 1.29 is 0 Å². The van der Waals surface area contributed by atoms with Crippen LogP contribution in [0.15, 0.2) is 18.5 Å². The summed E-state index contributed by atoms with van der Waals surface area (Å²) in [5, 5.41) is 18.2. The van der Waals surface area contributed by atoms with Gasteiger partial charge in [-0.05, 0) is 16.5 Å². The minimum atomic E-state index is 0.664. The van der Waals surface area contributed by atoms with Crippen LogP contribution in [0.2, 0.25) is 0 Å². The van der Waals surface area contributed by atoms with Gasteiger partial charge in [-0.1, -0.05) is 5.10 Å². The van der Waals surface area contributed by atoms with E-state index in [2.05, 4.69) is 25.9 Å². The number of nitrogens with zero attached hydrogens (tertiary/aromatic N) is 6. The first-order valence-corrected chi connectivity index (χ1v) is 4.30. The quantitative estimate of drug-likeness (QED) is 0.709. The molecule has 0 bridgehead atoms. The predicted molar refractivity (Wildman–Crippen MR) is 49.5 cm³/mol. The van der Waals surface area contributed by atoms with E-state index in [0.717, 1.165) is 13.1 Å². The number of aryl methyl sites for hydroxylation is 1. The number of nitrogens with one attached hydrogen (secondary N) is 1. The molecule has 2 rings (SSSR count). The molecule has 2 heterocycles. The second kappa shape index (κ2) is 3.86. The Balaban J connectivity index is 1.81. The van der Waals surface area contributed by atoms with E-state index in [1.165, 1.54) is 0 Å². The van der Waals surface area contributed by atoms with E-state index in [1.807, 2.05) is 16.9 Å². The van der Waals surface area contributed by atoms with Gasteiger partial charge in [0.05, 0.1) is 6.54 Å². The number of rotatable bonds is 4. The third-order valence-electron chi connectivity index (χ3n) is 1.80. The van der Waals surface area contributed by atoms with Crippen LogP contribution in [-0.4, -0.2) is 36.5 Å². The maximum atomic E-state index is 4.08. The van der Waals surface area contributed by atoms with E-state index in [1.54, 1.807) is 17.9 Å². The molecule has 0 fully saturated rings. The highest BCUT2D eigenvalue weighted by atomic mass is 15.6. The molecular weight excluding hydrogens is 182 g/mol. The van der Waals surface area contributed by atoms with Crippen LogP contribution in [0.1, 0.15) is 0 Å². The average Bonchev–Trinajstić information content (AvgIpc) is 2.78. The molecule has 0 radical (unpaired) electrons. The highest BCUT2D eigenvalue weighted by Crippen LogP contribution is 1.94. The highest BCUT2D eigenvalue weighted by Gasteiger charge is 1.99. The van der Waals surface area contributed by atoms with Crippen LogP contribution in [0, 0.1) is 0 Å². The third-order valence-corrected chi connectivity index (χ3v) is 1.80. The molecule has 0 unspecified atom stereocenters. The molecule has 0 aliphatic heterocycles. The summed E-state index contributed by atoms with van der Waals surface area (Å²) in [6, 6.07) is 1.89. The van der Waals surface area contributed by atoms with Crippen LogP contribution >= 0.6 is 0 Å². The number of anilines is 1. The van der Waals surface area contributed by atoms with Crippen LogP contribution in [0.25, 0.3) is 0 Å². The molecule has 0 spiro atoms. The SMILES string of the molecule is Cn1nnnc1NCCn1cccn1. The molecule has 74 valence electrons. The lowest BCUT2D eigenvalue weighted by Crippen LogP contribution is -2.13. The third kappa shape index (κ3) is 1.87. The Morgan fingerprint density at radius 1 is 1.50 bits per heavy atom. The first-order valence-electron chi connectivity index (χ1n) is 4.30. The molecule has 2 aromatic rings. The van der Waals surface area contributed by atoms with Gasteiger partial charge in [-0.25, -0.2) is 4.68 Å². The zero-order valence-corrected chi connectivity index (χ0v) is 7.83. The van der Waals surface area contributed by atoms with Gasteiger partial charge in [-0.15, -0.1) is 0 Å². The van der Waals surface area contributed by atoms with Crippen molar-refractivity contribution in [3.63, 3.8) is 0 Å². The molecule has 0 saturated carbocycles. The number of hydrogen-bond donors (Lipinski definition) is 1. The lowest BCUT2D eigenvalue weighted by atomic mass is 10.6. The van der Waals surface area contributed by atoms with Gasteiger partial charge in [0.25, 0.3) is 0 Å². The van der Waals surface area contributed by atoms with E-state index in [4.69, 9.17) is 0 Å². The van der Waals surface area contributed by atoms with Crippen molar-refractivity contribution in [1.29, 1.82) is 0 Å². The van der Waals surface area contributed by atoms with Crippen LogP contribution < -0.4 is 5.32 Å². The van der Waals surface area contributed by atoms with Crippen molar-refractivity contribution in [3.05, 3.63) is 18.5 Å². The van der Waals surface area contributed by atoms with Crippen LogP contribution in [-0.2, 0) is 13.6 Å². The molecule has 7 heteroatoms. The zero-order chi connectivity index (χ0) is 9.80. The zero-order valence-electron chi connectivity index (χ0n) is 7.83. The van der Waals surface area contributed by atoms with Crippen molar-refractivity contribution in [2.45, 2.75) is 6.54 Å². The topological polar surface area (TPSA) is 73.5 Å². The van der Waals surface area contributed by atoms with Crippen molar-refractivity contribution in [2.24, 2.45) is 7.05 Å². The second-order valence-electron chi connectivity index (χ2n) is 2.82. The maximum Gasteiger partial charge on any atom is 0.242 e. The van der Waals surface area contributed by atoms with Crippen molar-refractivity contribution in [1.82, 2.24) is 30.0 Å². The summed E-state index contributed by atoms with van der Waals surface area (Å²) in [5.74, 6) is 0.664. The molecule has 7 nitrogen and oxygen atoms in total. The fourth-order valence-corrected chi connectivity index (χ4v) is 1.09. The molecule has 0 aromatic carbocycles. The van der Waals surface area contributed by atoms with Gasteiger partial charge >= 0.3 is 0 Å². The largest absolute Gasteiger partial charge is 0.351 e. The number of tetrazole rings is 1. The van der Waals surface area contributed by atoms with Gasteiger partial charge in [0, 0.05) is 26.0 Å². The van der Waals surface area contributed by atoms with E-state index < -0.39 is 0 Å². The molecule has 0 amide bonds. The van der Waals surface area contributed by atoms with E-state index in [-0.39, 0.29) is 0 Å². The van der Waals surface area contributed by atoms with E-state index in [9.17, 15) is 0 Å². The Kier molecular flexibility index (Phi) is 2.39. The first-order chi connectivity index (χ1) is 6.86. The minimum absolute atomic E-state index is 0.664. The second-order valence-corrected chi connectivity index (χ2v) is 2.82. The summed E-state index contributed by atoms with van der Waals surface area (Å²) in [7, 11) is 1.79. The number of aromatic nitrogens is 6. The summed E-state index contributed by atoms with van der Waals surface area (Å²) >= 11 is 0. The average molecular weight is 193 g/mol. The molecular formula is C7H11N7. The van der Waals surface area contributed by atoms with Crippen LogP contribution in [0.5, 0.6) is 0 Å². The summed E-state index contributed by atoms with van der Waals surface area (Å²) in [4.78, 5) is 0. The van der Waals surface area contributed by atoms with Gasteiger partial charge in [0.1, 0.15) is 0 Å². The van der Waals surface area contributed by atoms with Gasteiger partial charge in [0.2, 0.25) is 5.95 Å². The molecule has 0 aliphatic carbocycles. The lowest BCUT2D eigenvalue weighted by Gasteiger charge is -2.03. The molecule has 1 N–H and O–H groups in total. The summed E-state index contributed by atoms with van der Waals surface area (Å²) in [6.07, 6.45) is 3.67. The Bertz CT molecular complexity index is 376. The van der Waals surface area contributed by atoms with Gasteiger partial charge < -0.3 is 5.32 Å². The Morgan fingerprint density at radius 2 is 2.43 bits per heavy atom. The van der Waals surface area contributed by atoms with Gasteiger partial charge in [-0.3, -0.25) is 4.68 Å². The smallest absolute Gasteiger partial charge is 0.242 e. The monoisotopic (exact) mass is 193 g/mol. The summed E-state index contributed by atoms with van der Waals surface area (Å²) < 4.78 is 3.43.